The standard InChI is InChI=1S/C9H11FO4S/c1-4-7(10)15(12,13)9(6-3)14-8(11)5-2/h4-7,9H,1-3H2. The van der Waals surface area contributed by atoms with Crippen molar-refractivity contribution < 1.29 is 22.3 Å². The number of esters is 1. The van der Waals surface area contributed by atoms with E-state index < -0.39 is 26.7 Å². The van der Waals surface area contributed by atoms with Crippen LogP contribution < -0.4 is 0 Å². The van der Waals surface area contributed by atoms with Crippen molar-refractivity contribution in [3.05, 3.63) is 38.0 Å². The highest BCUT2D eigenvalue weighted by Crippen LogP contribution is 2.14. The number of carbonyl (C=O) groups excluding carboxylic acids is 1. The molecular formula is C9H11FO4S. The Morgan fingerprint density at radius 3 is 2.13 bits per heavy atom. The van der Waals surface area contributed by atoms with Crippen molar-refractivity contribution in [2.75, 3.05) is 0 Å². The molecule has 0 saturated carbocycles. The lowest BCUT2D eigenvalue weighted by Gasteiger charge is -2.14. The van der Waals surface area contributed by atoms with Gasteiger partial charge in [0.25, 0.3) is 0 Å². The average Bonchev–Trinajstić information content (AvgIpc) is 2.23. The lowest BCUT2D eigenvalue weighted by Crippen LogP contribution is -2.30. The van der Waals surface area contributed by atoms with Gasteiger partial charge < -0.3 is 4.74 Å². The number of carbonyl (C=O) groups is 1. The molecule has 0 amide bonds. The van der Waals surface area contributed by atoms with Crippen molar-refractivity contribution >= 4 is 15.8 Å². The number of hydrogen-bond donors (Lipinski definition) is 0. The zero-order chi connectivity index (χ0) is 12.1. The zero-order valence-electron chi connectivity index (χ0n) is 7.93. The van der Waals surface area contributed by atoms with Gasteiger partial charge in [0.15, 0.2) is 0 Å². The van der Waals surface area contributed by atoms with Gasteiger partial charge in [-0.15, -0.1) is 0 Å². The van der Waals surface area contributed by atoms with Gasteiger partial charge in [-0.3, -0.25) is 0 Å². The van der Waals surface area contributed by atoms with Crippen LogP contribution in [0.4, 0.5) is 4.39 Å². The van der Waals surface area contributed by atoms with Crippen molar-refractivity contribution in [3.8, 4) is 0 Å². The SMILES string of the molecule is C=CC(=O)OC(C=C)S(=O)(=O)C(F)C=C. The average molecular weight is 234 g/mol. The molecule has 0 fully saturated rings. The highest BCUT2D eigenvalue weighted by molar-refractivity contribution is 7.92. The van der Waals surface area contributed by atoms with E-state index in [-0.39, 0.29) is 0 Å². The van der Waals surface area contributed by atoms with E-state index in [0.717, 1.165) is 12.2 Å². The Labute approximate surface area is 87.7 Å². The van der Waals surface area contributed by atoms with E-state index in [1.54, 1.807) is 0 Å². The molecule has 0 radical (unpaired) electrons. The van der Waals surface area contributed by atoms with Crippen LogP contribution in [0.3, 0.4) is 0 Å². The van der Waals surface area contributed by atoms with E-state index in [9.17, 15) is 17.6 Å². The van der Waals surface area contributed by atoms with Crippen molar-refractivity contribution in [1.29, 1.82) is 0 Å². The van der Waals surface area contributed by atoms with Crippen LogP contribution in [0.1, 0.15) is 0 Å². The van der Waals surface area contributed by atoms with Crippen LogP contribution in [0.5, 0.6) is 0 Å². The molecule has 0 aliphatic rings. The maximum absolute atomic E-state index is 12.9. The fraction of sp³-hybridized carbons (Fsp3) is 0.222. The number of ether oxygens (including phenoxy) is 1. The Bertz CT molecular complexity index is 372. The molecule has 4 nitrogen and oxygen atoms in total. The van der Waals surface area contributed by atoms with Gasteiger partial charge in [-0.05, 0) is 12.2 Å². The van der Waals surface area contributed by atoms with Crippen LogP contribution in [0.2, 0.25) is 0 Å². The minimum absolute atomic E-state index is 0.591. The molecule has 0 bridgehead atoms. The summed E-state index contributed by atoms with van der Waals surface area (Å²) in [5.41, 5.74) is -4.05. The topological polar surface area (TPSA) is 60.4 Å². The minimum Gasteiger partial charge on any atom is -0.438 e. The molecule has 84 valence electrons. The molecule has 0 spiro atoms. The maximum Gasteiger partial charge on any atom is 0.331 e. The van der Waals surface area contributed by atoms with Gasteiger partial charge in [0.1, 0.15) is 0 Å². The largest absolute Gasteiger partial charge is 0.438 e. The molecule has 0 aromatic carbocycles. The van der Waals surface area contributed by atoms with Gasteiger partial charge in [-0.1, -0.05) is 19.7 Å². The molecule has 2 atom stereocenters. The smallest absolute Gasteiger partial charge is 0.331 e. The predicted octanol–water partition coefficient (Wildman–Crippen LogP) is 1.12. The molecule has 15 heavy (non-hydrogen) atoms. The van der Waals surface area contributed by atoms with E-state index in [1.807, 2.05) is 0 Å². The molecule has 0 aromatic rings. The number of sulfone groups is 1. The third-order valence-corrected chi connectivity index (χ3v) is 3.17. The van der Waals surface area contributed by atoms with Gasteiger partial charge in [-0.2, -0.15) is 0 Å². The molecule has 0 heterocycles. The Morgan fingerprint density at radius 1 is 1.27 bits per heavy atom. The second-order valence-electron chi connectivity index (χ2n) is 2.42. The van der Waals surface area contributed by atoms with Gasteiger partial charge in [-0.25, -0.2) is 17.6 Å². The van der Waals surface area contributed by atoms with Crippen molar-refractivity contribution in [3.63, 3.8) is 0 Å². The molecule has 0 aromatic heterocycles. The Balaban J connectivity index is 4.97. The van der Waals surface area contributed by atoms with Crippen LogP contribution in [0.15, 0.2) is 38.0 Å². The number of alkyl halides is 1. The Morgan fingerprint density at radius 2 is 1.80 bits per heavy atom. The quantitative estimate of drug-likeness (QED) is 0.392. The van der Waals surface area contributed by atoms with Gasteiger partial charge in [0.05, 0.1) is 0 Å². The molecule has 0 aliphatic heterocycles. The Hall–Kier alpha value is -1.43. The summed E-state index contributed by atoms with van der Waals surface area (Å²) in [5, 5.41) is 0. The van der Waals surface area contributed by atoms with Gasteiger partial charge >= 0.3 is 5.97 Å². The molecule has 0 aliphatic carbocycles. The number of rotatable bonds is 6. The first kappa shape index (κ1) is 13.6. The van der Waals surface area contributed by atoms with Crippen molar-refractivity contribution in [1.82, 2.24) is 0 Å². The first-order chi connectivity index (χ1) is 6.89. The third kappa shape index (κ3) is 3.32. The highest BCUT2D eigenvalue weighted by Gasteiger charge is 2.32. The molecular weight excluding hydrogens is 223 g/mol. The lowest BCUT2D eigenvalue weighted by molar-refractivity contribution is -0.138. The van der Waals surface area contributed by atoms with E-state index in [1.165, 1.54) is 0 Å². The van der Waals surface area contributed by atoms with Crippen LogP contribution in [0.25, 0.3) is 0 Å². The van der Waals surface area contributed by atoms with E-state index >= 15 is 0 Å². The minimum atomic E-state index is -4.30. The van der Waals surface area contributed by atoms with Crippen LogP contribution in [0, 0.1) is 0 Å². The lowest BCUT2D eigenvalue weighted by atomic mass is 10.6. The maximum atomic E-state index is 12.9. The van der Waals surface area contributed by atoms with E-state index in [2.05, 4.69) is 24.5 Å². The number of halogens is 1. The summed E-state index contributed by atoms with van der Waals surface area (Å²) in [5.74, 6) is -0.972. The normalized spacial score (nSPS) is 14.7. The van der Waals surface area contributed by atoms with Crippen molar-refractivity contribution in [2.24, 2.45) is 0 Å². The van der Waals surface area contributed by atoms with Crippen LogP contribution in [-0.4, -0.2) is 25.3 Å². The fourth-order valence-corrected chi connectivity index (χ4v) is 1.70. The second kappa shape index (κ2) is 5.45. The van der Waals surface area contributed by atoms with Gasteiger partial charge in [0.2, 0.25) is 20.8 Å². The summed E-state index contributed by atoms with van der Waals surface area (Å²) in [6.07, 6.45) is 2.17. The zero-order valence-corrected chi connectivity index (χ0v) is 8.74. The fourth-order valence-electron chi connectivity index (χ4n) is 0.674. The first-order valence-electron chi connectivity index (χ1n) is 3.85. The number of hydrogen-bond acceptors (Lipinski definition) is 4. The van der Waals surface area contributed by atoms with Crippen molar-refractivity contribution in [2.45, 2.75) is 10.9 Å². The van der Waals surface area contributed by atoms with Crippen LogP contribution in [-0.2, 0) is 19.4 Å². The summed E-state index contributed by atoms with van der Waals surface area (Å²) in [6.45, 7) is 9.21. The molecule has 6 heteroatoms. The molecule has 0 saturated heterocycles. The summed E-state index contributed by atoms with van der Waals surface area (Å²) in [7, 11) is -4.30. The predicted molar refractivity (Wildman–Crippen MR) is 54.3 cm³/mol. The summed E-state index contributed by atoms with van der Waals surface area (Å²) in [6, 6.07) is 0. The molecule has 0 N–H and O–H groups in total. The van der Waals surface area contributed by atoms with E-state index in [0.29, 0.717) is 6.08 Å². The van der Waals surface area contributed by atoms with Crippen LogP contribution >= 0.6 is 0 Å². The second-order valence-corrected chi connectivity index (χ2v) is 4.51. The summed E-state index contributed by atoms with van der Waals surface area (Å²) >= 11 is 0. The first-order valence-corrected chi connectivity index (χ1v) is 5.46. The monoisotopic (exact) mass is 234 g/mol. The molecule has 0 rings (SSSR count). The summed E-state index contributed by atoms with van der Waals surface area (Å²) in [4.78, 5) is 10.7. The van der Waals surface area contributed by atoms with E-state index in [4.69, 9.17) is 0 Å². The third-order valence-electron chi connectivity index (χ3n) is 1.41. The molecule has 2 unspecified atom stereocenters. The summed E-state index contributed by atoms with van der Waals surface area (Å²) < 4.78 is 39.9. The highest BCUT2D eigenvalue weighted by atomic mass is 32.2. The van der Waals surface area contributed by atoms with Gasteiger partial charge in [0, 0.05) is 6.08 Å². The Kier molecular flexibility index (Phi) is 4.93.